The van der Waals surface area contributed by atoms with Crippen LogP contribution in [-0.2, 0) is 30.9 Å². The summed E-state index contributed by atoms with van der Waals surface area (Å²) in [5.41, 5.74) is 18.0. The molecule has 200 valence electrons. The molecular weight excluding hydrogens is 743 g/mol. The van der Waals surface area contributed by atoms with Crippen LogP contribution in [0.4, 0.5) is 11.6 Å². The molecule has 0 fully saturated rings. The zero-order chi connectivity index (χ0) is 25.2. The van der Waals surface area contributed by atoms with Crippen LogP contribution in [0, 0.1) is 0 Å². The minimum absolute atomic E-state index is 0. The van der Waals surface area contributed by atoms with Crippen LogP contribution in [0.1, 0.15) is 25.0 Å². The Labute approximate surface area is 247 Å². The van der Waals surface area contributed by atoms with Crippen molar-refractivity contribution in [3.8, 4) is 0 Å². The number of halogens is 5. The van der Waals surface area contributed by atoms with E-state index in [9.17, 15) is 9.59 Å². The van der Waals surface area contributed by atoms with Gasteiger partial charge >= 0.3 is 11.9 Å². The van der Waals surface area contributed by atoms with Crippen molar-refractivity contribution < 1.29 is 19.1 Å². The molecule has 0 atom stereocenters. The molecule has 0 bridgehead atoms. The second-order valence-corrected chi connectivity index (χ2v) is 8.34. The third-order valence-corrected chi connectivity index (χ3v) is 4.91. The van der Waals surface area contributed by atoms with Crippen molar-refractivity contribution in [2.45, 2.75) is 25.7 Å². The zero-order valence-corrected chi connectivity index (χ0v) is 26.5. The van der Waals surface area contributed by atoms with Crippen LogP contribution >= 0.6 is 77.2 Å². The summed E-state index contributed by atoms with van der Waals surface area (Å²) in [5.74, 6) is 0.422. The first kappa shape index (κ1) is 38.5. The molecule has 0 radical (unpaired) electrons. The highest BCUT2D eigenvalue weighted by atomic mass is 79.9. The molecule has 15 heteroatoms. The number of rotatable bonds is 8. The molecule has 0 saturated carbocycles. The Morgan fingerprint density at radius 1 is 0.943 bits per heavy atom. The number of carbonyl (C=O) groups is 2. The number of nitrogens with zero attached hydrogens (tertiary/aromatic N) is 2. The van der Waals surface area contributed by atoms with Gasteiger partial charge in [-0.1, -0.05) is 15.9 Å². The van der Waals surface area contributed by atoms with E-state index in [2.05, 4.69) is 67.8 Å². The van der Waals surface area contributed by atoms with Gasteiger partial charge in [0.2, 0.25) is 0 Å². The Bertz CT molecular complexity index is 884. The van der Waals surface area contributed by atoms with E-state index in [0.29, 0.717) is 31.4 Å². The number of pyridine rings is 2. The van der Waals surface area contributed by atoms with Crippen LogP contribution in [0.25, 0.3) is 0 Å². The van der Waals surface area contributed by atoms with Crippen molar-refractivity contribution in [2.75, 3.05) is 37.8 Å². The van der Waals surface area contributed by atoms with E-state index in [-0.39, 0.29) is 54.4 Å². The SMILES string of the molecule is Br.CCOC(=O)CN.CCOC(=O)CNCc1cc(Br)cnc1N.Cl.Nc1ncc(Br)cc1CBr. The number of nitrogens with one attached hydrogen (secondary N) is 1. The fourth-order valence-corrected chi connectivity index (χ4v) is 3.17. The van der Waals surface area contributed by atoms with Gasteiger partial charge in [-0.2, -0.15) is 0 Å². The first-order valence-corrected chi connectivity index (χ1v) is 12.5. The number of nitrogen functional groups attached to an aromatic ring is 2. The molecule has 0 aliphatic heterocycles. The standard InChI is InChI=1S/C10H14BrN3O2.C6H6Br2N2.C4H9NO2.BrH.ClH/c1-2-16-9(15)6-13-4-7-3-8(11)5-14-10(7)12;7-2-4-1-5(8)3-10-6(4)9;1-2-7-4(6)3-5;;/h3,5,13H,2,4,6H2,1H3,(H2,12,14);1,3H,2H2,(H2,9,10);2-3,5H2,1H3;2*1H. The number of carbonyl (C=O) groups excluding carboxylic acids is 2. The molecule has 35 heavy (non-hydrogen) atoms. The van der Waals surface area contributed by atoms with Crippen molar-refractivity contribution in [3.63, 3.8) is 0 Å². The molecule has 0 aromatic carbocycles. The second-order valence-electron chi connectivity index (χ2n) is 5.95. The highest BCUT2D eigenvalue weighted by Gasteiger charge is 2.04. The molecule has 0 amide bonds. The monoisotopic (exact) mass is 770 g/mol. The Morgan fingerprint density at radius 2 is 1.40 bits per heavy atom. The minimum atomic E-state index is -0.345. The van der Waals surface area contributed by atoms with Gasteiger partial charge in [-0.15, -0.1) is 29.4 Å². The predicted molar refractivity (Wildman–Crippen MR) is 157 cm³/mol. The van der Waals surface area contributed by atoms with E-state index >= 15 is 0 Å². The topological polar surface area (TPSA) is 168 Å². The smallest absolute Gasteiger partial charge is 0.319 e. The third-order valence-electron chi connectivity index (χ3n) is 3.44. The summed E-state index contributed by atoms with van der Waals surface area (Å²) in [7, 11) is 0. The van der Waals surface area contributed by atoms with E-state index in [1.165, 1.54) is 0 Å². The summed E-state index contributed by atoms with van der Waals surface area (Å²) in [5, 5.41) is 3.68. The Balaban J connectivity index is -0.000000466. The fraction of sp³-hybridized carbons (Fsp3) is 0.400. The van der Waals surface area contributed by atoms with Crippen molar-refractivity contribution in [1.82, 2.24) is 15.3 Å². The molecule has 0 aliphatic rings. The molecule has 2 heterocycles. The van der Waals surface area contributed by atoms with Crippen LogP contribution in [0.5, 0.6) is 0 Å². The number of hydrogen-bond donors (Lipinski definition) is 4. The van der Waals surface area contributed by atoms with Crippen LogP contribution < -0.4 is 22.5 Å². The van der Waals surface area contributed by atoms with Crippen molar-refractivity contribution in [1.29, 1.82) is 0 Å². The van der Waals surface area contributed by atoms with Gasteiger partial charge in [0.05, 0.1) is 26.3 Å². The highest BCUT2D eigenvalue weighted by molar-refractivity contribution is 9.10. The lowest BCUT2D eigenvalue weighted by Gasteiger charge is -2.07. The maximum absolute atomic E-state index is 11.0. The number of ether oxygens (including phenoxy) is 2. The number of alkyl halides is 1. The molecule has 0 spiro atoms. The summed E-state index contributed by atoms with van der Waals surface area (Å²) in [6, 6.07) is 3.80. The van der Waals surface area contributed by atoms with Gasteiger partial charge < -0.3 is 32.0 Å². The average Bonchev–Trinajstić information content (AvgIpc) is 2.79. The van der Waals surface area contributed by atoms with Crippen LogP contribution in [0.2, 0.25) is 0 Å². The largest absolute Gasteiger partial charge is 0.465 e. The molecular formula is C20H31Br4ClN6O4. The van der Waals surface area contributed by atoms with Crippen molar-refractivity contribution >= 4 is 101 Å². The Hall–Kier alpha value is -1.03. The Kier molecular flexibility index (Phi) is 25.7. The van der Waals surface area contributed by atoms with E-state index in [1.54, 1.807) is 26.2 Å². The summed E-state index contributed by atoms with van der Waals surface area (Å²) < 4.78 is 11.0. The van der Waals surface area contributed by atoms with Crippen LogP contribution in [-0.4, -0.2) is 48.2 Å². The van der Waals surface area contributed by atoms with Crippen molar-refractivity contribution in [3.05, 3.63) is 44.6 Å². The van der Waals surface area contributed by atoms with Gasteiger partial charge in [0.15, 0.2) is 0 Å². The van der Waals surface area contributed by atoms with E-state index in [1.807, 2.05) is 12.1 Å². The number of aromatic nitrogens is 2. The zero-order valence-electron chi connectivity index (χ0n) is 19.3. The number of hydrogen-bond acceptors (Lipinski definition) is 10. The van der Waals surface area contributed by atoms with Crippen molar-refractivity contribution in [2.24, 2.45) is 5.73 Å². The normalized spacial score (nSPS) is 9.09. The van der Waals surface area contributed by atoms with Crippen LogP contribution in [0.3, 0.4) is 0 Å². The maximum Gasteiger partial charge on any atom is 0.319 e. The van der Waals surface area contributed by atoms with E-state index in [0.717, 1.165) is 25.4 Å². The van der Waals surface area contributed by atoms with Gasteiger partial charge in [-0.25, -0.2) is 9.97 Å². The van der Waals surface area contributed by atoms with E-state index < -0.39 is 0 Å². The fourth-order valence-electron chi connectivity index (χ4n) is 1.96. The molecule has 10 nitrogen and oxygen atoms in total. The maximum atomic E-state index is 11.0. The van der Waals surface area contributed by atoms with Gasteiger partial charge in [0, 0.05) is 44.3 Å². The first-order chi connectivity index (χ1) is 15.7. The molecule has 0 aliphatic carbocycles. The Morgan fingerprint density at radius 3 is 1.80 bits per heavy atom. The lowest BCUT2D eigenvalue weighted by Crippen LogP contribution is -2.24. The predicted octanol–water partition coefficient (Wildman–Crippen LogP) is 3.91. The summed E-state index contributed by atoms with van der Waals surface area (Å²) in [4.78, 5) is 29.0. The molecule has 7 N–H and O–H groups in total. The molecule has 0 unspecified atom stereocenters. The number of nitrogens with two attached hydrogens (primary N) is 3. The van der Waals surface area contributed by atoms with Gasteiger partial charge in [0.25, 0.3) is 0 Å². The third kappa shape index (κ3) is 18.8. The average molecular weight is 775 g/mol. The summed E-state index contributed by atoms with van der Waals surface area (Å²) >= 11 is 9.90. The summed E-state index contributed by atoms with van der Waals surface area (Å²) in [6.07, 6.45) is 3.31. The second kappa shape index (κ2) is 23.4. The number of anilines is 2. The first-order valence-electron chi connectivity index (χ1n) is 9.76. The highest BCUT2D eigenvalue weighted by Crippen LogP contribution is 2.17. The molecule has 2 aromatic rings. The molecule has 0 saturated heterocycles. The molecule has 2 aromatic heterocycles. The minimum Gasteiger partial charge on any atom is -0.465 e. The quantitative estimate of drug-likeness (QED) is 0.228. The summed E-state index contributed by atoms with van der Waals surface area (Å²) in [6.45, 7) is 4.95. The van der Waals surface area contributed by atoms with Gasteiger partial charge in [-0.05, 0) is 57.8 Å². The lowest BCUT2D eigenvalue weighted by molar-refractivity contribution is -0.142. The van der Waals surface area contributed by atoms with Crippen LogP contribution in [0.15, 0.2) is 33.5 Å². The van der Waals surface area contributed by atoms with Gasteiger partial charge in [0.1, 0.15) is 11.6 Å². The molecule has 2 rings (SSSR count). The lowest BCUT2D eigenvalue weighted by atomic mass is 10.2. The van der Waals surface area contributed by atoms with Gasteiger partial charge in [-0.3, -0.25) is 9.59 Å². The van der Waals surface area contributed by atoms with E-state index in [4.69, 9.17) is 21.9 Å². The number of esters is 2.